The van der Waals surface area contributed by atoms with E-state index in [4.69, 9.17) is 14.2 Å². The van der Waals surface area contributed by atoms with Crippen molar-refractivity contribution in [1.29, 1.82) is 0 Å². The van der Waals surface area contributed by atoms with Gasteiger partial charge in [0.15, 0.2) is 11.6 Å². The molecule has 0 spiro atoms. The summed E-state index contributed by atoms with van der Waals surface area (Å²) in [4.78, 5) is 21.1. The molecule has 2 aromatic heterocycles. The Morgan fingerprint density at radius 3 is 2.68 bits per heavy atom. The third-order valence-corrected chi connectivity index (χ3v) is 10.8. The number of aryl methyl sites for hydroxylation is 1. The SMILES string of the molecule is CO[C@]1(OC(C)C)CC[C@]2(C)[C@@]3(C)c4[nH]c5ccccc5c4C[C@@H]3C[C@H](OCc3nccn3C)[C@@]2(O)/C1=C/C(C)=O. The lowest BCUT2D eigenvalue weighted by Gasteiger charge is -2.67. The van der Waals surface area contributed by atoms with Gasteiger partial charge in [-0.2, -0.15) is 0 Å². The summed E-state index contributed by atoms with van der Waals surface area (Å²) in [6.07, 6.45) is 7.00. The molecule has 0 bridgehead atoms. The predicted octanol–water partition coefficient (Wildman–Crippen LogP) is 5.13. The fraction of sp³-hybridized carbons (Fsp3) is 0.576. The number of benzene rings is 1. The zero-order valence-electron chi connectivity index (χ0n) is 25.3. The number of ether oxygens (including phenoxy) is 3. The molecule has 8 nitrogen and oxygen atoms in total. The Labute approximate surface area is 242 Å². The van der Waals surface area contributed by atoms with Crippen molar-refractivity contribution < 1.29 is 24.1 Å². The number of ketones is 1. The van der Waals surface area contributed by atoms with Crippen LogP contribution in [0.15, 0.2) is 48.3 Å². The Balaban J connectivity index is 1.57. The summed E-state index contributed by atoms with van der Waals surface area (Å²) < 4.78 is 21.3. The quantitative estimate of drug-likeness (QED) is 0.306. The van der Waals surface area contributed by atoms with Crippen molar-refractivity contribution >= 4 is 16.7 Å². The van der Waals surface area contributed by atoms with Gasteiger partial charge in [0.05, 0.1) is 12.2 Å². The summed E-state index contributed by atoms with van der Waals surface area (Å²) in [5.41, 5.74) is 1.36. The van der Waals surface area contributed by atoms with Crippen LogP contribution >= 0.6 is 0 Å². The number of aromatic amines is 1. The molecular formula is C33H43N3O5. The third kappa shape index (κ3) is 3.80. The minimum Gasteiger partial charge on any atom is -0.382 e. The Hall–Kier alpha value is -2.78. The normalized spacial score (nSPS) is 35.6. The summed E-state index contributed by atoms with van der Waals surface area (Å²) in [5, 5.41) is 14.7. The van der Waals surface area contributed by atoms with Crippen molar-refractivity contribution in [1.82, 2.24) is 14.5 Å². The number of carbonyl (C=O) groups excluding carboxylic acids is 1. The average molecular weight is 562 g/mol. The molecule has 41 heavy (non-hydrogen) atoms. The van der Waals surface area contributed by atoms with Crippen molar-refractivity contribution in [3.05, 3.63) is 65.4 Å². The predicted molar refractivity (Wildman–Crippen MR) is 156 cm³/mol. The van der Waals surface area contributed by atoms with E-state index in [2.05, 4.69) is 48.1 Å². The van der Waals surface area contributed by atoms with Crippen LogP contribution in [0.25, 0.3) is 10.9 Å². The van der Waals surface area contributed by atoms with Gasteiger partial charge in [-0.15, -0.1) is 0 Å². The fourth-order valence-electron chi connectivity index (χ4n) is 8.58. The standard InChI is InChI=1S/C33H43N3O5/c1-20(2)41-32(39-7)13-12-30(4)31(5)22(17-24-23-10-8-9-11-25(23)35-29(24)31)18-27(33(30,38)26(32)16-21(3)37)40-19-28-34-14-15-36(28)6/h8-11,14-16,20,22,27,35,38H,12-13,17-19H2,1-7H3/b26-16+/t22-,27+,30-,31-,32+,33+/m1/s1. The maximum Gasteiger partial charge on any atom is 0.194 e. The second kappa shape index (κ2) is 9.63. The smallest absolute Gasteiger partial charge is 0.194 e. The van der Waals surface area contributed by atoms with E-state index in [1.807, 2.05) is 31.7 Å². The first-order chi connectivity index (χ1) is 19.4. The van der Waals surface area contributed by atoms with Crippen LogP contribution in [0.1, 0.15) is 71.0 Å². The molecule has 220 valence electrons. The molecule has 6 rings (SSSR count). The molecule has 2 N–H and O–H groups in total. The molecule has 3 aliphatic carbocycles. The van der Waals surface area contributed by atoms with Crippen LogP contribution in [0.2, 0.25) is 0 Å². The molecule has 6 atom stereocenters. The minimum atomic E-state index is -1.57. The number of rotatable bonds is 7. The van der Waals surface area contributed by atoms with E-state index in [1.165, 1.54) is 23.6 Å². The highest BCUT2D eigenvalue weighted by Gasteiger charge is 2.75. The number of hydrogen-bond donors (Lipinski definition) is 2. The van der Waals surface area contributed by atoms with E-state index in [9.17, 15) is 9.90 Å². The molecular weight excluding hydrogens is 518 g/mol. The van der Waals surface area contributed by atoms with Gasteiger partial charge in [-0.05, 0) is 63.7 Å². The lowest BCUT2D eigenvalue weighted by molar-refractivity contribution is -0.300. The van der Waals surface area contributed by atoms with Crippen molar-refractivity contribution in [3.63, 3.8) is 0 Å². The zero-order chi connectivity index (χ0) is 29.4. The first-order valence-electron chi connectivity index (χ1n) is 14.8. The molecule has 8 heteroatoms. The molecule has 3 aliphatic rings. The van der Waals surface area contributed by atoms with Gasteiger partial charge in [-0.25, -0.2) is 4.98 Å². The van der Waals surface area contributed by atoms with Gasteiger partial charge in [0.1, 0.15) is 18.0 Å². The molecule has 1 aromatic carbocycles. The topological polar surface area (TPSA) is 98.6 Å². The van der Waals surface area contributed by atoms with Gasteiger partial charge in [-0.1, -0.05) is 32.0 Å². The van der Waals surface area contributed by atoms with Crippen LogP contribution < -0.4 is 0 Å². The average Bonchev–Trinajstić information content (AvgIpc) is 3.59. The highest BCUT2D eigenvalue weighted by molar-refractivity contribution is 5.89. The van der Waals surface area contributed by atoms with Gasteiger partial charge in [0.2, 0.25) is 0 Å². The van der Waals surface area contributed by atoms with Crippen molar-refractivity contribution in [2.24, 2.45) is 18.4 Å². The Morgan fingerprint density at radius 2 is 2.02 bits per heavy atom. The highest BCUT2D eigenvalue weighted by atomic mass is 16.7. The monoisotopic (exact) mass is 561 g/mol. The summed E-state index contributed by atoms with van der Waals surface area (Å²) >= 11 is 0. The molecule has 0 radical (unpaired) electrons. The molecule has 3 aromatic rings. The molecule has 2 heterocycles. The first kappa shape index (κ1) is 28.3. The van der Waals surface area contributed by atoms with Gasteiger partial charge in [0, 0.05) is 66.0 Å². The summed E-state index contributed by atoms with van der Waals surface area (Å²) in [7, 11) is 3.54. The van der Waals surface area contributed by atoms with Crippen molar-refractivity contribution in [3.8, 4) is 0 Å². The summed E-state index contributed by atoms with van der Waals surface area (Å²) in [5.74, 6) is -0.427. The highest BCUT2D eigenvalue weighted by Crippen LogP contribution is 2.70. The lowest BCUT2D eigenvalue weighted by Crippen LogP contribution is -2.74. The largest absolute Gasteiger partial charge is 0.382 e. The number of H-pyrrole nitrogens is 1. The second-order valence-electron chi connectivity index (χ2n) is 13.0. The Kier molecular flexibility index (Phi) is 6.66. The molecule has 2 saturated carbocycles. The van der Waals surface area contributed by atoms with Crippen molar-refractivity contribution in [2.45, 2.75) is 95.9 Å². The molecule has 0 saturated heterocycles. The number of para-hydroxylation sites is 1. The Bertz CT molecular complexity index is 1520. The van der Waals surface area contributed by atoms with E-state index in [1.54, 1.807) is 19.4 Å². The van der Waals surface area contributed by atoms with E-state index in [0.29, 0.717) is 24.8 Å². The number of allylic oxidation sites excluding steroid dienone is 1. The van der Waals surface area contributed by atoms with Gasteiger partial charge in [-0.3, -0.25) is 4.79 Å². The number of carbonyl (C=O) groups is 1. The number of nitrogens with zero attached hydrogens (tertiary/aromatic N) is 2. The second-order valence-corrected chi connectivity index (χ2v) is 13.0. The number of nitrogens with one attached hydrogen (secondary N) is 1. The van der Waals surface area contributed by atoms with Crippen LogP contribution in [0.4, 0.5) is 0 Å². The molecule has 0 amide bonds. The van der Waals surface area contributed by atoms with E-state index >= 15 is 0 Å². The number of methoxy groups -OCH3 is 1. The molecule has 0 aliphatic heterocycles. The van der Waals surface area contributed by atoms with E-state index < -0.39 is 28.3 Å². The van der Waals surface area contributed by atoms with Gasteiger partial charge >= 0.3 is 0 Å². The van der Waals surface area contributed by atoms with Crippen LogP contribution in [0, 0.1) is 11.3 Å². The molecule has 2 fully saturated rings. The number of imidazole rings is 1. The van der Waals surface area contributed by atoms with Crippen LogP contribution in [-0.4, -0.2) is 56.1 Å². The molecule has 0 unspecified atom stereocenters. The van der Waals surface area contributed by atoms with Crippen molar-refractivity contribution in [2.75, 3.05) is 7.11 Å². The third-order valence-electron chi connectivity index (χ3n) is 10.8. The van der Waals surface area contributed by atoms with Crippen LogP contribution in [-0.2, 0) is 44.5 Å². The van der Waals surface area contributed by atoms with Gasteiger partial charge in [0.25, 0.3) is 0 Å². The van der Waals surface area contributed by atoms with E-state index in [-0.39, 0.29) is 24.4 Å². The van der Waals surface area contributed by atoms with E-state index in [0.717, 1.165) is 17.8 Å². The summed E-state index contributed by atoms with van der Waals surface area (Å²) in [6, 6.07) is 8.45. The first-order valence-corrected chi connectivity index (χ1v) is 14.8. The zero-order valence-corrected chi connectivity index (χ0v) is 25.3. The maximum atomic E-state index is 13.5. The fourth-order valence-corrected chi connectivity index (χ4v) is 8.58. The van der Waals surface area contributed by atoms with Crippen LogP contribution in [0.3, 0.4) is 0 Å². The Morgan fingerprint density at radius 1 is 1.27 bits per heavy atom. The minimum absolute atomic E-state index is 0.167. The number of fused-ring (bicyclic) bond motifs is 7. The number of aromatic nitrogens is 3. The number of hydrogen-bond acceptors (Lipinski definition) is 6. The summed E-state index contributed by atoms with van der Waals surface area (Å²) in [6.45, 7) is 10.1. The van der Waals surface area contributed by atoms with Gasteiger partial charge < -0.3 is 28.9 Å². The van der Waals surface area contributed by atoms with Crippen LogP contribution in [0.5, 0.6) is 0 Å². The maximum absolute atomic E-state index is 13.5. The number of aliphatic hydroxyl groups is 1. The lowest BCUT2D eigenvalue weighted by atomic mass is 9.41.